The SMILES string of the molecule is CC(NC(=O)CC(=O)N(Cc1ccccc1)c1ccccc1)c1ccccc1. The highest BCUT2D eigenvalue weighted by Gasteiger charge is 2.20. The van der Waals surface area contributed by atoms with Crippen molar-refractivity contribution in [3.63, 3.8) is 0 Å². The smallest absolute Gasteiger partial charge is 0.236 e. The molecule has 0 spiro atoms. The number of anilines is 1. The van der Waals surface area contributed by atoms with Crippen molar-refractivity contribution in [3.05, 3.63) is 102 Å². The average molecular weight is 372 g/mol. The molecule has 0 aliphatic rings. The van der Waals surface area contributed by atoms with Gasteiger partial charge in [-0.25, -0.2) is 0 Å². The Hall–Kier alpha value is -3.40. The summed E-state index contributed by atoms with van der Waals surface area (Å²) in [5, 5.41) is 2.91. The number of para-hydroxylation sites is 1. The van der Waals surface area contributed by atoms with Gasteiger partial charge in [-0.15, -0.1) is 0 Å². The van der Waals surface area contributed by atoms with Gasteiger partial charge in [-0.05, 0) is 30.2 Å². The van der Waals surface area contributed by atoms with Crippen molar-refractivity contribution < 1.29 is 9.59 Å². The predicted molar refractivity (Wildman–Crippen MR) is 112 cm³/mol. The molecule has 0 aliphatic carbocycles. The van der Waals surface area contributed by atoms with Crippen molar-refractivity contribution in [1.82, 2.24) is 5.32 Å². The summed E-state index contributed by atoms with van der Waals surface area (Å²) >= 11 is 0. The highest BCUT2D eigenvalue weighted by molar-refractivity contribution is 6.05. The first kappa shape index (κ1) is 19.4. The van der Waals surface area contributed by atoms with Gasteiger partial charge in [0.1, 0.15) is 6.42 Å². The zero-order valence-corrected chi connectivity index (χ0v) is 15.9. The van der Waals surface area contributed by atoms with Crippen molar-refractivity contribution in [3.8, 4) is 0 Å². The maximum atomic E-state index is 12.9. The zero-order valence-electron chi connectivity index (χ0n) is 15.9. The Balaban J connectivity index is 1.69. The Morgan fingerprint density at radius 1 is 0.821 bits per heavy atom. The van der Waals surface area contributed by atoms with Crippen molar-refractivity contribution >= 4 is 17.5 Å². The number of rotatable bonds is 7. The van der Waals surface area contributed by atoms with E-state index in [4.69, 9.17) is 0 Å². The van der Waals surface area contributed by atoms with Crippen LogP contribution in [0, 0.1) is 0 Å². The predicted octanol–water partition coefficient (Wildman–Crippen LogP) is 4.49. The van der Waals surface area contributed by atoms with Crippen LogP contribution in [-0.2, 0) is 16.1 Å². The summed E-state index contributed by atoms with van der Waals surface area (Å²) in [5.74, 6) is -0.511. The maximum absolute atomic E-state index is 12.9. The van der Waals surface area contributed by atoms with Crippen LogP contribution in [0.2, 0.25) is 0 Å². The van der Waals surface area contributed by atoms with Gasteiger partial charge in [0.2, 0.25) is 11.8 Å². The second-order valence-electron chi connectivity index (χ2n) is 6.68. The van der Waals surface area contributed by atoms with Crippen molar-refractivity contribution in [2.45, 2.75) is 25.9 Å². The van der Waals surface area contributed by atoms with Crippen LogP contribution in [0.4, 0.5) is 5.69 Å². The Bertz CT molecular complexity index is 896. The Morgan fingerprint density at radius 2 is 1.36 bits per heavy atom. The monoisotopic (exact) mass is 372 g/mol. The summed E-state index contributed by atoms with van der Waals surface area (Å²) in [7, 11) is 0. The fourth-order valence-electron chi connectivity index (χ4n) is 3.05. The molecule has 3 aromatic rings. The lowest BCUT2D eigenvalue weighted by atomic mass is 10.1. The van der Waals surface area contributed by atoms with Gasteiger partial charge in [-0.2, -0.15) is 0 Å². The van der Waals surface area contributed by atoms with Gasteiger partial charge in [0.15, 0.2) is 0 Å². The van der Waals surface area contributed by atoms with E-state index >= 15 is 0 Å². The quantitative estimate of drug-likeness (QED) is 0.621. The van der Waals surface area contributed by atoms with Crippen LogP contribution in [0.5, 0.6) is 0 Å². The van der Waals surface area contributed by atoms with Crippen LogP contribution in [0.25, 0.3) is 0 Å². The van der Waals surface area contributed by atoms with Crippen LogP contribution in [0.3, 0.4) is 0 Å². The molecule has 1 unspecified atom stereocenters. The van der Waals surface area contributed by atoms with E-state index in [9.17, 15) is 9.59 Å². The van der Waals surface area contributed by atoms with E-state index in [0.717, 1.165) is 16.8 Å². The number of benzene rings is 3. The molecular weight excluding hydrogens is 348 g/mol. The minimum atomic E-state index is -0.282. The van der Waals surface area contributed by atoms with Crippen LogP contribution < -0.4 is 10.2 Å². The molecule has 0 aliphatic heterocycles. The number of amides is 2. The second-order valence-corrected chi connectivity index (χ2v) is 6.68. The Morgan fingerprint density at radius 3 is 1.96 bits per heavy atom. The van der Waals surface area contributed by atoms with Gasteiger partial charge in [-0.1, -0.05) is 78.9 Å². The van der Waals surface area contributed by atoms with Crippen LogP contribution in [-0.4, -0.2) is 11.8 Å². The van der Waals surface area contributed by atoms with Crippen LogP contribution in [0.15, 0.2) is 91.0 Å². The van der Waals surface area contributed by atoms with Crippen molar-refractivity contribution in [2.75, 3.05) is 4.90 Å². The van der Waals surface area contributed by atoms with Crippen LogP contribution in [0.1, 0.15) is 30.5 Å². The van der Waals surface area contributed by atoms with E-state index in [1.165, 1.54) is 0 Å². The first-order chi connectivity index (χ1) is 13.6. The minimum absolute atomic E-state index is 0.152. The molecule has 3 rings (SSSR count). The Kier molecular flexibility index (Phi) is 6.58. The second kappa shape index (κ2) is 9.51. The number of nitrogens with one attached hydrogen (secondary N) is 1. The van der Waals surface area contributed by atoms with Crippen LogP contribution >= 0.6 is 0 Å². The molecular formula is C24H24N2O2. The number of hydrogen-bond donors (Lipinski definition) is 1. The first-order valence-corrected chi connectivity index (χ1v) is 9.37. The third-order valence-corrected chi connectivity index (χ3v) is 4.54. The lowest BCUT2D eigenvalue weighted by molar-refractivity contribution is -0.128. The molecule has 142 valence electrons. The summed E-state index contributed by atoms with van der Waals surface area (Å²) in [6, 6.07) is 28.8. The van der Waals surface area contributed by atoms with E-state index in [2.05, 4.69) is 5.32 Å². The summed E-state index contributed by atoms with van der Waals surface area (Å²) in [4.78, 5) is 27.1. The number of carbonyl (C=O) groups is 2. The van der Waals surface area contributed by atoms with Gasteiger partial charge in [0, 0.05) is 5.69 Å². The van der Waals surface area contributed by atoms with Gasteiger partial charge in [-0.3, -0.25) is 9.59 Å². The third-order valence-electron chi connectivity index (χ3n) is 4.54. The third kappa shape index (κ3) is 5.30. The average Bonchev–Trinajstić information content (AvgIpc) is 2.74. The molecule has 4 heteroatoms. The molecule has 0 fully saturated rings. The molecule has 4 nitrogen and oxygen atoms in total. The molecule has 3 aromatic carbocycles. The fraction of sp³-hybridized carbons (Fsp3) is 0.167. The molecule has 0 radical (unpaired) electrons. The summed E-state index contributed by atoms with van der Waals surface area (Å²) < 4.78 is 0. The maximum Gasteiger partial charge on any atom is 0.236 e. The molecule has 1 atom stereocenters. The van der Waals surface area contributed by atoms with E-state index in [1.54, 1.807) is 4.90 Å². The fourth-order valence-corrected chi connectivity index (χ4v) is 3.05. The van der Waals surface area contributed by atoms with E-state index in [-0.39, 0.29) is 24.3 Å². The van der Waals surface area contributed by atoms with E-state index < -0.39 is 0 Å². The Labute approximate surface area is 165 Å². The van der Waals surface area contributed by atoms with Gasteiger partial charge in [0.05, 0.1) is 12.6 Å². The summed E-state index contributed by atoms with van der Waals surface area (Å²) in [6.45, 7) is 2.34. The molecule has 0 saturated heterocycles. The first-order valence-electron chi connectivity index (χ1n) is 9.37. The highest BCUT2D eigenvalue weighted by Crippen LogP contribution is 2.18. The number of hydrogen-bond acceptors (Lipinski definition) is 2. The molecule has 0 bridgehead atoms. The van der Waals surface area contributed by atoms with Gasteiger partial charge < -0.3 is 10.2 Å². The molecule has 2 amide bonds. The molecule has 0 saturated carbocycles. The normalized spacial score (nSPS) is 11.5. The summed E-state index contributed by atoms with van der Waals surface area (Å²) in [6.07, 6.45) is -0.196. The number of nitrogens with zero attached hydrogens (tertiary/aromatic N) is 1. The molecule has 0 heterocycles. The molecule has 0 aromatic heterocycles. The largest absolute Gasteiger partial charge is 0.349 e. The molecule has 1 N–H and O–H groups in total. The topological polar surface area (TPSA) is 49.4 Å². The van der Waals surface area contributed by atoms with Gasteiger partial charge >= 0.3 is 0 Å². The molecule has 28 heavy (non-hydrogen) atoms. The highest BCUT2D eigenvalue weighted by atomic mass is 16.2. The standard InChI is InChI=1S/C24H24N2O2/c1-19(21-13-7-3-8-14-21)25-23(27)17-24(28)26(22-15-9-4-10-16-22)18-20-11-5-2-6-12-20/h2-16,19H,17-18H2,1H3,(H,25,27). The number of carbonyl (C=O) groups excluding carboxylic acids is 2. The lowest BCUT2D eigenvalue weighted by Crippen LogP contribution is -2.36. The zero-order chi connectivity index (χ0) is 19.8. The summed E-state index contributed by atoms with van der Waals surface area (Å²) in [5.41, 5.74) is 2.80. The van der Waals surface area contributed by atoms with E-state index in [0.29, 0.717) is 6.54 Å². The van der Waals surface area contributed by atoms with Gasteiger partial charge in [0.25, 0.3) is 0 Å². The minimum Gasteiger partial charge on any atom is -0.349 e. The van der Waals surface area contributed by atoms with Crippen molar-refractivity contribution in [2.24, 2.45) is 0 Å². The van der Waals surface area contributed by atoms with Crippen molar-refractivity contribution in [1.29, 1.82) is 0 Å². The van der Waals surface area contributed by atoms with E-state index in [1.807, 2.05) is 97.9 Å². The lowest BCUT2D eigenvalue weighted by Gasteiger charge is -2.23.